The first-order valence-corrected chi connectivity index (χ1v) is 19.3. The number of hydrogen-bond acceptors (Lipinski definition) is 2. The molecule has 0 fully saturated rings. The predicted octanol–water partition coefficient (Wildman–Crippen LogP) is 13.9. The maximum atomic E-state index is 5.31. The van der Waals surface area contributed by atoms with Gasteiger partial charge in [-0.1, -0.05) is 182 Å². The molecule has 0 radical (unpaired) electrons. The fourth-order valence-electron chi connectivity index (χ4n) is 9.22. The van der Waals surface area contributed by atoms with Crippen LogP contribution in [0.15, 0.2) is 200 Å². The standard InChI is InChI=1S/C54H36N2/c1-54(38-19-6-3-7-20-38)49-27-15-14-26-45(49)46-29-28-37(33-50(46)54)40-30-31-47(43-24-12-10-23-42(40)43)51-34-52(56-53(55-51)35-16-4-2-5-17-35)48-32-36-18-8-9-21-39(36)41-22-11-13-25-44(41)48/h2-34H,1H3. The summed E-state index contributed by atoms with van der Waals surface area (Å²) in [5.41, 5.74) is 13.7. The molecule has 9 aromatic carbocycles. The molecule has 2 heteroatoms. The Morgan fingerprint density at radius 1 is 0.339 bits per heavy atom. The molecule has 2 nitrogen and oxygen atoms in total. The SMILES string of the molecule is CC1(c2ccccc2)c2ccccc2-c2ccc(-c3ccc(-c4cc(-c5cc6ccccc6c6ccccc56)nc(-c5ccccc5)n4)c4ccccc34)cc21. The van der Waals surface area contributed by atoms with E-state index in [2.05, 4.69) is 201 Å². The van der Waals surface area contributed by atoms with Crippen molar-refractivity contribution in [2.45, 2.75) is 12.3 Å². The Labute approximate surface area is 326 Å². The van der Waals surface area contributed by atoms with E-state index in [1.807, 2.05) is 6.07 Å². The highest BCUT2D eigenvalue weighted by Crippen LogP contribution is 2.53. The van der Waals surface area contributed by atoms with E-state index in [1.54, 1.807) is 0 Å². The number of hydrogen-bond donors (Lipinski definition) is 0. The Morgan fingerprint density at radius 3 is 1.64 bits per heavy atom. The fraction of sp³-hybridized carbons (Fsp3) is 0.0370. The van der Waals surface area contributed by atoms with Crippen LogP contribution in [0, 0.1) is 0 Å². The Morgan fingerprint density at radius 2 is 0.875 bits per heavy atom. The van der Waals surface area contributed by atoms with E-state index in [1.165, 1.54) is 65.9 Å². The number of aromatic nitrogens is 2. The first-order valence-electron chi connectivity index (χ1n) is 19.3. The molecule has 10 aromatic rings. The molecule has 56 heavy (non-hydrogen) atoms. The highest BCUT2D eigenvalue weighted by atomic mass is 14.9. The summed E-state index contributed by atoms with van der Waals surface area (Å²) in [4.78, 5) is 10.6. The topological polar surface area (TPSA) is 25.8 Å². The molecule has 262 valence electrons. The Balaban J connectivity index is 1.11. The molecule has 0 saturated carbocycles. The number of benzene rings is 9. The summed E-state index contributed by atoms with van der Waals surface area (Å²) in [6.07, 6.45) is 0. The van der Waals surface area contributed by atoms with Crippen molar-refractivity contribution >= 4 is 32.3 Å². The van der Waals surface area contributed by atoms with Gasteiger partial charge in [0, 0.05) is 22.1 Å². The van der Waals surface area contributed by atoms with Crippen LogP contribution in [0.1, 0.15) is 23.6 Å². The molecule has 0 amide bonds. The maximum absolute atomic E-state index is 5.31. The van der Waals surface area contributed by atoms with Gasteiger partial charge in [-0.05, 0) is 96.4 Å². The van der Waals surface area contributed by atoms with Crippen molar-refractivity contribution in [1.29, 1.82) is 0 Å². The molecule has 1 unspecified atom stereocenters. The fourth-order valence-corrected chi connectivity index (χ4v) is 9.22. The Hall–Kier alpha value is -7.16. The van der Waals surface area contributed by atoms with Crippen LogP contribution in [0.4, 0.5) is 0 Å². The molecule has 1 aliphatic rings. The van der Waals surface area contributed by atoms with E-state index in [-0.39, 0.29) is 5.41 Å². The molecule has 11 rings (SSSR count). The minimum absolute atomic E-state index is 0.267. The van der Waals surface area contributed by atoms with Gasteiger partial charge in [-0.25, -0.2) is 9.97 Å². The Bertz CT molecular complexity index is 3150. The molecular formula is C54H36N2. The van der Waals surface area contributed by atoms with E-state index >= 15 is 0 Å². The summed E-state index contributed by atoms with van der Waals surface area (Å²) in [7, 11) is 0. The average molecular weight is 713 g/mol. The van der Waals surface area contributed by atoms with Gasteiger partial charge in [0.2, 0.25) is 0 Å². The molecule has 0 spiro atoms. The van der Waals surface area contributed by atoms with Gasteiger partial charge >= 0.3 is 0 Å². The predicted molar refractivity (Wildman–Crippen MR) is 234 cm³/mol. The van der Waals surface area contributed by atoms with Gasteiger partial charge in [-0.3, -0.25) is 0 Å². The van der Waals surface area contributed by atoms with Gasteiger partial charge in [-0.15, -0.1) is 0 Å². The summed E-state index contributed by atoms with van der Waals surface area (Å²) in [6.45, 7) is 2.38. The lowest BCUT2D eigenvalue weighted by atomic mass is 9.74. The largest absolute Gasteiger partial charge is 0.228 e. The van der Waals surface area contributed by atoms with Crippen LogP contribution in [0.25, 0.3) is 88.5 Å². The van der Waals surface area contributed by atoms with Crippen molar-refractivity contribution < 1.29 is 0 Å². The minimum atomic E-state index is -0.267. The Kier molecular flexibility index (Phi) is 7.33. The second kappa shape index (κ2) is 12.7. The summed E-state index contributed by atoms with van der Waals surface area (Å²) in [5.74, 6) is 0.710. The normalized spacial score (nSPS) is 14.6. The van der Waals surface area contributed by atoms with Gasteiger partial charge < -0.3 is 0 Å². The lowest BCUT2D eigenvalue weighted by Gasteiger charge is -2.28. The van der Waals surface area contributed by atoms with Crippen molar-refractivity contribution in [1.82, 2.24) is 9.97 Å². The second-order valence-electron chi connectivity index (χ2n) is 15.0. The summed E-state index contributed by atoms with van der Waals surface area (Å²) in [6, 6.07) is 72.3. The van der Waals surface area contributed by atoms with E-state index in [0.717, 1.165) is 33.5 Å². The van der Waals surface area contributed by atoms with Crippen molar-refractivity contribution in [2.75, 3.05) is 0 Å². The van der Waals surface area contributed by atoms with Crippen LogP contribution in [-0.2, 0) is 5.41 Å². The van der Waals surface area contributed by atoms with Crippen molar-refractivity contribution in [3.63, 3.8) is 0 Å². The highest BCUT2D eigenvalue weighted by Gasteiger charge is 2.40. The molecule has 0 aliphatic heterocycles. The van der Waals surface area contributed by atoms with E-state index in [9.17, 15) is 0 Å². The zero-order valence-electron chi connectivity index (χ0n) is 30.9. The first-order chi connectivity index (χ1) is 27.6. The van der Waals surface area contributed by atoms with E-state index in [0.29, 0.717) is 5.82 Å². The maximum Gasteiger partial charge on any atom is 0.160 e. The van der Waals surface area contributed by atoms with Crippen molar-refractivity contribution in [3.8, 4) is 56.2 Å². The first kappa shape index (κ1) is 32.3. The van der Waals surface area contributed by atoms with Gasteiger partial charge in [0.25, 0.3) is 0 Å². The third kappa shape index (κ3) is 4.96. The zero-order valence-corrected chi connectivity index (χ0v) is 30.9. The monoisotopic (exact) mass is 712 g/mol. The third-order valence-electron chi connectivity index (χ3n) is 12.0. The van der Waals surface area contributed by atoms with Gasteiger partial charge in [0.1, 0.15) is 0 Å². The molecular weight excluding hydrogens is 677 g/mol. The highest BCUT2D eigenvalue weighted by molar-refractivity contribution is 6.14. The zero-order chi connectivity index (χ0) is 37.2. The van der Waals surface area contributed by atoms with Crippen LogP contribution in [0.3, 0.4) is 0 Å². The molecule has 0 saturated heterocycles. The van der Waals surface area contributed by atoms with Crippen LogP contribution in [-0.4, -0.2) is 9.97 Å². The van der Waals surface area contributed by atoms with Gasteiger partial charge in [-0.2, -0.15) is 0 Å². The second-order valence-corrected chi connectivity index (χ2v) is 15.0. The third-order valence-corrected chi connectivity index (χ3v) is 12.0. The molecule has 1 aromatic heterocycles. The van der Waals surface area contributed by atoms with Gasteiger partial charge in [0.15, 0.2) is 5.82 Å². The molecule has 1 aliphatic carbocycles. The molecule has 0 bridgehead atoms. The van der Waals surface area contributed by atoms with E-state index < -0.39 is 0 Å². The summed E-state index contributed by atoms with van der Waals surface area (Å²) in [5, 5.41) is 7.18. The quantitative estimate of drug-likeness (QED) is 0.166. The van der Waals surface area contributed by atoms with Crippen LogP contribution in [0.2, 0.25) is 0 Å². The number of nitrogens with zero attached hydrogens (tertiary/aromatic N) is 2. The van der Waals surface area contributed by atoms with Crippen LogP contribution < -0.4 is 0 Å². The summed E-state index contributed by atoms with van der Waals surface area (Å²) < 4.78 is 0. The lowest BCUT2D eigenvalue weighted by Crippen LogP contribution is -2.22. The van der Waals surface area contributed by atoms with Crippen molar-refractivity contribution in [2.24, 2.45) is 0 Å². The van der Waals surface area contributed by atoms with Crippen LogP contribution in [0.5, 0.6) is 0 Å². The van der Waals surface area contributed by atoms with Crippen LogP contribution >= 0.6 is 0 Å². The van der Waals surface area contributed by atoms with E-state index in [4.69, 9.17) is 9.97 Å². The van der Waals surface area contributed by atoms with Crippen molar-refractivity contribution in [3.05, 3.63) is 217 Å². The lowest BCUT2D eigenvalue weighted by molar-refractivity contribution is 0.714. The number of rotatable bonds is 5. The molecule has 1 atom stereocenters. The molecule has 1 heterocycles. The summed E-state index contributed by atoms with van der Waals surface area (Å²) >= 11 is 0. The minimum Gasteiger partial charge on any atom is -0.228 e. The smallest absolute Gasteiger partial charge is 0.160 e. The number of fused-ring (bicyclic) bond motifs is 7. The average Bonchev–Trinajstić information content (AvgIpc) is 3.54. The molecule has 0 N–H and O–H groups in total. The van der Waals surface area contributed by atoms with Gasteiger partial charge in [0.05, 0.1) is 11.4 Å².